The van der Waals surface area contributed by atoms with Crippen LogP contribution < -0.4 is 10.2 Å². The number of carbonyl (C=O) groups is 1. The smallest absolute Gasteiger partial charge is 0.374 e. The van der Waals surface area contributed by atoms with Crippen molar-refractivity contribution in [2.24, 2.45) is 0 Å². The molecule has 0 N–H and O–H groups in total. The second-order valence-electron chi connectivity index (χ2n) is 5.03. The van der Waals surface area contributed by atoms with E-state index in [2.05, 4.69) is 0 Å². The van der Waals surface area contributed by atoms with Gasteiger partial charge in [0, 0.05) is 11.1 Å². The Morgan fingerprint density at radius 1 is 1.04 bits per heavy atom. The maximum absolute atomic E-state index is 12.0. The van der Waals surface area contributed by atoms with Crippen molar-refractivity contribution in [2.45, 2.75) is 0 Å². The van der Waals surface area contributed by atoms with E-state index >= 15 is 0 Å². The quantitative estimate of drug-likeness (QED) is 0.488. The van der Waals surface area contributed by atoms with Crippen molar-refractivity contribution >= 4 is 40.1 Å². The number of hydrogen-bond acceptors (Lipinski definition) is 5. The maximum Gasteiger partial charge on any atom is 0.374 e. The van der Waals surface area contributed by atoms with Gasteiger partial charge < -0.3 is 13.9 Å². The highest BCUT2D eigenvalue weighted by atomic mass is 35.5. The summed E-state index contributed by atoms with van der Waals surface area (Å²) in [4.78, 5) is 24.0. The van der Waals surface area contributed by atoms with Crippen LogP contribution in [0.5, 0.6) is 5.75 Å². The van der Waals surface area contributed by atoms with E-state index in [-0.39, 0.29) is 24.4 Å². The Morgan fingerprint density at radius 3 is 2.64 bits per heavy atom. The van der Waals surface area contributed by atoms with E-state index in [9.17, 15) is 9.59 Å². The first-order valence-corrected chi connectivity index (χ1v) is 8.08. The van der Waals surface area contributed by atoms with Gasteiger partial charge in [0.15, 0.2) is 5.43 Å². The van der Waals surface area contributed by atoms with Crippen molar-refractivity contribution in [1.82, 2.24) is 0 Å². The number of fused-ring (bicyclic) bond motifs is 1. The zero-order valence-corrected chi connectivity index (χ0v) is 14.3. The Labute approximate surface area is 152 Å². The summed E-state index contributed by atoms with van der Waals surface area (Å²) in [6.45, 7) is 0.0548. The van der Waals surface area contributed by atoms with Crippen molar-refractivity contribution in [3.8, 4) is 5.75 Å². The van der Waals surface area contributed by atoms with Crippen LogP contribution in [0.3, 0.4) is 0 Å². The third-order valence-corrected chi connectivity index (χ3v) is 3.83. The highest BCUT2D eigenvalue weighted by molar-refractivity contribution is 6.35. The van der Waals surface area contributed by atoms with Crippen LogP contribution in [0.15, 0.2) is 57.7 Å². The minimum atomic E-state index is -0.742. The first-order valence-electron chi connectivity index (χ1n) is 7.32. The van der Waals surface area contributed by atoms with E-state index in [1.54, 1.807) is 42.5 Å². The lowest BCUT2D eigenvalue weighted by Gasteiger charge is -2.09. The van der Waals surface area contributed by atoms with E-state index in [1.807, 2.05) is 0 Å². The summed E-state index contributed by atoms with van der Waals surface area (Å²) in [5.74, 6) is -0.471. The molecule has 0 aliphatic carbocycles. The van der Waals surface area contributed by atoms with Crippen LogP contribution in [0, 0.1) is 0 Å². The molecule has 0 radical (unpaired) electrons. The topological polar surface area (TPSA) is 65.7 Å². The first-order chi connectivity index (χ1) is 12.0. The second-order valence-corrected chi connectivity index (χ2v) is 5.87. The van der Waals surface area contributed by atoms with Crippen LogP contribution in [0.1, 0.15) is 10.6 Å². The zero-order chi connectivity index (χ0) is 17.8. The van der Waals surface area contributed by atoms with Gasteiger partial charge in [0.25, 0.3) is 0 Å². The standard InChI is InChI=1S/C18H12Cl2O5/c19-11-5-6-16(13(20)9-11)23-7-8-24-18(22)17-10-14(21)12-3-1-2-4-15(12)25-17/h1-6,9-10H,7-8H2. The predicted octanol–water partition coefficient (Wildman–Crippen LogP) is 4.34. The number of carbonyl (C=O) groups excluding carboxylic acids is 1. The molecule has 0 saturated heterocycles. The monoisotopic (exact) mass is 378 g/mol. The molecule has 7 heteroatoms. The van der Waals surface area contributed by atoms with Crippen molar-refractivity contribution in [1.29, 1.82) is 0 Å². The van der Waals surface area contributed by atoms with Crippen LogP contribution in [-0.2, 0) is 4.74 Å². The summed E-state index contributed by atoms with van der Waals surface area (Å²) in [5, 5.41) is 1.26. The number of para-hydroxylation sites is 1. The van der Waals surface area contributed by atoms with Gasteiger partial charge in [-0.3, -0.25) is 4.79 Å². The molecule has 3 aromatic rings. The van der Waals surface area contributed by atoms with Gasteiger partial charge in [-0.1, -0.05) is 35.3 Å². The maximum atomic E-state index is 12.0. The van der Waals surface area contributed by atoms with Gasteiger partial charge >= 0.3 is 5.97 Å². The van der Waals surface area contributed by atoms with E-state index in [1.165, 1.54) is 0 Å². The normalized spacial score (nSPS) is 10.6. The van der Waals surface area contributed by atoms with Gasteiger partial charge in [-0.15, -0.1) is 0 Å². The minimum Gasteiger partial charge on any atom is -0.488 e. The van der Waals surface area contributed by atoms with Crippen LogP contribution in [0.4, 0.5) is 0 Å². The van der Waals surface area contributed by atoms with E-state index in [0.717, 1.165) is 6.07 Å². The molecule has 0 aliphatic heterocycles. The lowest BCUT2D eigenvalue weighted by Crippen LogP contribution is -2.14. The molecule has 0 unspecified atom stereocenters. The van der Waals surface area contributed by atoms with Crippen molar-refractivity contribution in [3.63, 3.8) is 0 Å². The Bertz CT molecular complexity index is 981. The molecule has 0 spiro atoms. The predicted molar refractivity (Wildman–Crippen MR) is 94.7 cm³/mol. The Kier molecular flexibility index (Phi) is 5.26. The van der Waals surface area contributed by atoms with E-state index < -0.39 is 5.97 Å². The molecule has 1 heterocycles. The Morgan fingerprint density at radius 2 is 1.84 bits per heavy atom. The number of hydrogen-bond donors (Lipinski definition) is 0. The SMILES string of the molecule is O=C(OCCOc1ccc(Cl)cc1Cl)c1cc(=O)c2ccccc2o1. The summed E-state index contributed by atoms with van der Waals surface area (Å²) in [5.41, 5.74) is 0.0177. The second kappa shape index (κ2) is 7.59. The fourth-order valence-electron chi connectivity index (χ4n) is 2.15. The summed E-state index contributed by atoms with van der Waals surface area (Å²) < 4.78 is 15.9. The first kappa shape index (κ1) is 17.3. The third kappa shape index (κ3) is 4.13. The highest BCUT2D eigenvalue weighted by Gasteiger charge is 2.13. The summed E-state index contributed by atoms with van der Waals surface area (Å²) in [6.07, 6.45) is 0. The molecule has 0 amide bonds. The molecule has 0 saturated carbocycles. The van der Waals surface area contributed by atoms with Gasteiger partial charge in [0.2, 0.25) is 5.76 Å². The molecule has 25 heavy (non-hydrogen) atoms. The van der Waals surface area contributed by atoms with E-state index in [0.29, 0.717) is 26.8 Å². The van der Waals surface area contributed by atoms with Crippen LogP contribution >= 0.6 is 23.2 Å². The lowest BCUT2D eigenvalue weighted by atomic mass is 10.2. The number of esters is 1. The number of benzene rings is 2. The highest BCUT2D eigenvalue weighted by Crippen LogP contribution is 2.27. The zero-order valence-electron chi connectivity index (χ0n) is 12.8. The Balaban J connectivity index is 1.60. The number of ether oxygens (including phenoxy) is 2. The molecular weight excluding hydrogens is 367 g/mol. The molecule has 0 bridgehead atoms. The lowest BCUT2D eigenvalue weighted by molar-refractivity contribution is 0.0415. The molecular formula is C18H12Cl2O5. The fourth-order valence-corrected chi connectivity index (χ4v) is 2.62. The molecule has 2 aromatic carbocycles. The molecule has 0 atom stereocenters. The Hall–Kier alpha value is -2.50. The van der Waals surface area contributed by atoms with Crippen molar-refractivity contribution < 1.29 is 18.7 Å². The van der Waals surface area contributed by atoms with Crippen LogP contribution in [0.25, 0.3) is 11.0 Å². The van der Waals surface area contributed by atoms with Gasteiger partial charge in [-0.05, 0) is 30.3 Å². The minimum absolute atomic E-state index is 0.0334. The van der Waals surface area contributed by atoms with Gasteiger partial charge in [-0.25, -0.2) is 4.79 Å². The average Bonchev–Trinajstić information content (AvgIpc) is 2.60. The van der Waals surface area contributed by atoms with Crippen LogP contribution in [0.2, 0.25) is 10.0 Å². The van der Waals surface area contributed by atoms with Crippen molar-refractivity contribution in [3.05, 3.63) is 74.6 Å². The van der Waals surface area contributed by atoms with Crippen molar-refractivity contribution in [2.75, 3.05) is 13.2 Å². The number of halogens is 2. The molecule has 0 aliphatic rings. The van der Waals surface area contributed by atoms with Gasteiger partial charge in [0.1, 0.15) is 24.5 Å². The van der Waals surface area contributed by atoms with Gasteiger partial charge in [0.05, 0.1) is 10.4 Å². The molecule has 0 fully saturated rings. The third-order valence-electron chi connectivity index (χ3n) is 3.30. The molecule has 128 valence electrons. The molecule has 1 aromatic heterocycles. The van der Waals surface area contributed by atoms with E-state index in [4.69, 9.17) is 37.1 Å². The molecule has 3 rings (SSSR count). The number of rotatable bonds is 5. The largest absolute Gasteiger partial charge is 0.488 e. The molecule has 5 nitrogen and oxygen atoms in total. The summed E-state index contributed by atoms with van der Waals surface area (Å²) in [7, 11) is 0. The summed E-state index contributed by atoms with van der Waals surface area (Å²) >= 11 is 11.8. The average molecular weight is 379 g/mol. The van der Waals surface area contributed by atoms with Gasteiger partial charge in [-0.2, -0.15) is 0 Å². The van der Waals surface area contributed by atoms with Crippen LogP contribution in [-0.4, -0.2) is 19.2 Å². The fraction of sp³-hybridized carbons (Fsp3) is 0.111. The summed E-state index contributed by atoms with van der Waals surface area (Å²) in [6, 6.07) is 12.6.